The number of ether oxygens (including phenoxy) is 1. The fourth-order valence-electron chi connectivity index (χ4n) is 3.13. The molecule has 2 aromatic rings. The Morgan fingerprint density at radius 1 is 1.07 bits per heavy atom. The Bertz CT molecular complexity index is 854. The van der Waals surface area contributed by atoms with Crippen molar-refractivity contribution in [2.45, 2.75) is 33.6 Å². The first kappa shape index (κ1) is 22.2. The Hall–Kier alpha value is -3.08. The van der Waals surface area contributed by atoms with Crippen LogP contribution in [0.3, 0.4) is 0 Å². The number of hydrogen-bond acceptors (Lipinski definition) is 3. The van der Waals surface area contributed by atoms with Crippen molar-refractivity contribution in [3.63, 3.8) is 0 Å². The molecule has 29 heavy (non-hydrogen) atoms. The highest BCUT2D eigenvalue weighted by atomic mass is 16.5. The van der Waals surface area contributed by atoms with Crippen molar-refractivity contribution in [1.29, 1.82) is 0 Å². The number of carbonyl (C=O) groups is 2. The molecular formula is C24H29NO4. The fourth-order valence-corrected chi connectivity index (χ4v) is 3.13. The maximum absolute atomic E-state index is 12.5. The summed E-state index contributed by atoms with van der Waals surface area (Å²) in [5, 5.41) is 9.26. The molecule has 0 saturated carbocycles. The number of carboxylic acids is 1. The van der Waals surface area contributed by atoms with Gasteiger partial charge >= 0.3 is 5.97 Å². The molecule has 0 aromatic heterocycles. The highest BCUT2D eigenvalue weighted by Crippen LogP contribution is 2.23. The number of nitrogens with zero attached hydrogens (tertiary/aromatic N) is 1. The van der Waals surface area contributed by atoms with Crippen LogP contribution in [0.1, 0.15) is 37.5 Å². The molecule has 0 radical (unpaired) electrons. The predicted octanol–water partition coefficient (Wildman–Crippen LogP) is 4.21. The van der Waals surface area contributed by atoms with Gasteiger partial charge in [0.1, 0.15) is 5.75 Å². The van der Waals surface area contributed by atoms with E-state index in [0.29, 0.717) is 36.6 Å². The van der Waals surface area contributed by atoms with Crippen LogP contribution in [0.25, 0.3) is 6.08 Å². The molecule has 0 fully saturated rings. The summed E-state index contributed by atoms with van der Waals surface area (Å²) in [5.74, 6) is -0.374. The van der Waals surface area contributed by atoms with Crippen molar-refractivity contribution in [2.75, 3.05) is 19.7 Å². The third-order valence-corrected chi connectivity index (χ3v) is 4.69. The molecule has 2 aromatic carbocycles. The second kappa shape index (κ2) is 11.1. The van der Waals surface area contributed by atoms with E-state index in [-0.39, 0.29) is 12.3 Å². The minimum Gasteiger partial charge on any atom is -0.493 e. The van der Waals surface area contributed by atoms with Gasteiger partial charge in [-0.25, -0.2) is 0 Å². The summed E-state index contributed by atoms with van der Waals surface area (Å²) >= 11 is 0. The molecule has 0 spiro atoms. The molecule has 0 saturated heterocycles. The Morgan fingerprint density at radius 3 is 2.38 bits per heavy atom. The molecule has 0 unspecified atom stereocenters. The molecule has 0 heterocycles. The van der Waals surface area contributed by atoms with Gasteiger partial charge in [-0.15, -0.1) is 0 Å². The van der Waals surface area contributed by atoms with Crippen LogP contribution in [0, 0.1) is 0 Å². The van der Waals surface area contributed by atoms with E-state index in [4.69, 9.17) is 4.74 Å². The molecule has 1 N–H and O–H groups in total. The van der Waals surface area contributed by atoms with E-state index in [0.717, 1.165) is 17.5 Å². The minimum atomic E-state index is -0.921. The number of carboxylic acid groups (broad SMARTS) is 1. The molecule has 154 valence electrons. The largest absolute Gasteiger partial charge is 0.493 e. The number of benzene rings is 2. The van der Waals surface area contributed by atoms with E-state index in [2.05, 4.69) is 0 Å². The summed E-state index contributed by atoms with van der Waals surface area (Å²) in [4.78, 5) is 25.5. The highest BCUT2D eigenvalue weighted by Gasteiger charge is 2.13. The van der Waals surface area contributed by atoms with Crippen LogP contribution in [-0.4, -0.2) is 41.6 Å². The summed E-state index contributed by atoms with van der Waals surface area (Å²) < 4.78 is 5.86. The molecule has 0 bridgehead atoms. The van der Waals surface area contributed by atoms with E-state index < -0.39 is 5.97 Å². The van der Waals surface area contributed by atoms with Gasteiger partial charge in [-0.3, -0.25) is 9.59 Å². The molecule has 5 heteroatoms. The average Bonchev–Trinajstić information content (AvgIpc) is 2.70. The molecule has 0 aliphatic carbocycles. The number of likely N-dealkylation sites (N-methyl/N-ethyl adjacent to an activating group) is 1. The van der Waals surface area contributed by atoms with E-state index in [1.807, 2.05) is 50.2 Å². The molecular weight excluding hydrogens is 366 g/mol. The van der Waals surface area contributed by atoms with Gasteiger partial charge in [-0.05, 0) is 50.1 Å². The summed E-state index contributed by atoms with van der Waals surface area (Å²) in [5.41, 5.74) is 3.17. The van der Waals surface area contributed by atoms with Crippen molar-refractivity contribution in [2.24, 2.45) is 0 Å². The summed E-state index contributed by atoms with van der Waals surface area (Å²) in [7, 11) is 0. The molecule has 5 nitrogen and oxygen atoms in total. The number of carbonyl (C=O) groups excluding carboxylic acids is 1. The second-order valence-corrected chi connectivity index (χ2v) is 6.83. The van der Waals surface area contributed by atoms with E-state index in [9.17, 15) is 14.7 Å². The number of amides is 1. The van der Waals surface area contributed by atoms with Crippen LogP contribution in [0.5, 0.6) is 5.75 Å². The van der Waals surface area contributed by atoms with Crippen LogP contribution >= 0.6 is 0 Å². The van der Waals surface area contributed by atoms with E-state index in [1.54, 1.807) is 30.0 Å². The Labute approximate surface area is 172 Å². The standard InChI is InChI=1S/C24H29NO4/c1-4-25(5-2)24(28)18(3)15-20-11-12-22(21(16-20)17-23(26)27)29-14-13-19-9-7-6-8-10-19/h6-12,15-16H,4-5,13-14,17H2,1-3H3,(H,26,27)/b18-15-. The van der Waals surface area contributed by atoms with Gasteiger partial charge in [-0.1, -0.05) is 36.4 Å². The zero-order chi connectivity index (χ0) is 21.2. The summed E-state index contributed by atoms with van der Waals surface area (Å²) in [6.45, 7) is 7.44. The lowest BCUT2D eigenvalue weighted by molar-refractivity contribution is -0.136. The topological polar surface area (TPSA) is 66.8 Å². The van der Waals surface area contributed by atoms with Crippen molar-refractivity contribution in [3.05, 3.63) is 70.8 Å². The third-order valence-electron chi connectivity index (χ3n) is 4.69. The lowest BCUT2D eigenvalue weighted by Crippen LogP contribution is -2.30. The molecule has 0 aliphatic heterocycles. The first-order chi connectivity index (χ1) is 13.9. The monoisotopic (exact) mass is 395 g/mol. The van der Waals surface area contributed by atoms with Crippen molar-refractivity contribution in [3.8, 4) is 5.75 Å². The van der Waals surface area contributed by atoms with Gasteiger partial charge < -0.3 is 14.7 Å². The minimum absolute atomic E-state index is 0.0158. The van der Waals surface area contributed by atoms with E-state index >= 15 is 0 Å². The maximum atomic E-state index is 12.5. The summed E-state index contributed by atoms with van der Waals surface area (Å²) in [6.07, 6.45) is 2.40. The van der Waals surface area contributed by atoms with Gasteiger partial charge in [0.15, 0.2) is 0 Å². The van der Waals surface area contributed by atoms with Gasteiger partial charge in [0.05, 0.1) is 13.0 Å². The summed E-state index contributed by atoms with van der Waals surface area (Å²) in [6, 6.07) is 15.4. The molecule has 0 aliphatic rings. The predicted molar refractivity (Wildman–Crippen MR) is 115 cm³/mol. The van der Waals surface area contributed by atoms with Crippen LogP contribution in [0.15, 0.2) is 54.1 Å². The Kier molecular flexibility index (Phi) is 8.46. The molecule has 2 rings (SSSR count). The van der Waals surface area contributed by atoms with Gasteiger partial charge in [0.2, 0.25) is 5.91 Å². The van der Waals surface area contributed by atoms with Crippen LogP contribution in [0.4, 0.5) is 0 Å². The number of hydrogen-bond donors (Lipinski definition) is 1. The first-order valence-electron chi connectivity index (χ1n) is 9.93. The lowest BCUT2D eigenvalue weighted by atomic mass is 10.0. The van der Waals surface area contributed by atoms with Crippen LogP contribution in [0.2, 0.25) is 0 Å². The SMILES string of the molecule is CCN(CC)C(=O)/C(C)=C\c1ccc(OCCc2ccccc2)c(CC(=O)O)c1. The smallest absolute Gasteiger partial charge is 0.307 e. The van der Waals surface area contributed by atoms with Gasteiger partial charge in [-0.2, -0.15) is 0 Å². The zero-order valence-corrected chi connectivity index (χ0v) is 17.4. The highest BCUT2D eigenvalue weighted by molar-refractivity contribution is 5.97. The third kappa shape index (κ3) is 6.79. The zero-order valence-electron chi connectivity index (χ0n) is 17.4. The van der Waals surface area contributed by atoms with Crippen LogP contribution in [-0.2, 0) is 22.4 Å². The van der Waals surface area contributed by atoms with Crippen molar-refractivity contribution >= 4 is 18.0 Å². The lowest BCUT2D eigenvalue weighted by Gasteiger charge is -2.19. The molecule has 1 amide bonds. The Balaban J connectivity index is 2.16. The first-order valence-corrected chi connectivity index (χ1v) is 9.93. The van der Waals surface area contributed by atoms with Gasteiger partial charge in [0.25, 0.3) is 0 Å². The van der Waals surface area contributed by atoms with Crippen molar-refractivity contribution < 1.29 is 19.4 Å². The average molecular weight is 395 g/mol. The number of rotatable bonds is 10. The second-order valence-electron chi connectivity index (χ2n) is 6.83. The fraction of sp³-hybridized carbons (Fsp3) is 0.333. The van der Waals surface area contributed by atoms with Gasteiger partial charge in [0, 0.05) is 30.6 Å². The normalized spacial score (nSPS) is 11.2. The maximum Gasteiger partial charge on any atom is 0.307 e. The number of aliphatic carboxylic acids is 1. The van der Waals surface area contributed by atoms with Crippen molar-refractivity contribution in [1.82, 2.24) is 4.90 Å². The van der Waals surface area contributed by atoms with E-state index in [1.165, 1.54) is 0 Å². The Morgan fingerprint density at radius 2 is 1.76 bits per heavy atom. The van der Waals surface area contributed by atoms with Crippen LogP contribution < -0.4 is 4.74 Å². The quantitative estimate of drug-likeness (QED) is 0.612. The molecule has 0 atom stereocenters.